The Bertz CT molecular complexity index is 311. The van der Waals surface area contributed by atoms with Gasteiger partial charge in [0.2, 0.25) is 0 Å². The number of aromatic nitrogens is 1. The third kappa shape index (κ3) is 3.32. The highest BCUT2D eigenvalue weighted by molar-refractivity contribution is 5.94. The first-order valence-electron chi connectivity index (χ1n) is 5.06. The SMILES string of the molecule is CC(C)C(CN)NC(=O)c1cccnc1. The predicted molar refractivity (Wildman–Crippen MR) is 59.4 cm³/mol. The fourth-order valence-corrected chi connectivity index (χ4v) is 1.25. The fourth-order valence-electron chi connectivity index (χ4n) is 1.25. The summed E-state index contributed by atoms with van der Waals surface area (Å²) in [5, 5.41) is 2.88. The molecule has 0 radical (unpaired) electrons. The third-order valence-corrected chi connectivity index (χ3v) is 2.30. The molecule has 1 unspecified atom stereocenters. The Morgan fingerprint density at radius 3 is 2.80 bits per heavy atom. The van der Waals surface area contributed by atoms with Crippen LogP contribution in [0.5, 0.6) is 0 Å². The molecule has 0 aliphatic carbocycles. The molecule has 4 heteroatoms. The summed E-state index contributed by atoms with van der Waals surface area (Å²) in [5.74, 6) is 0.211. The van der Waals surface area contributed by atoms with Gasteiger partial charge in [-0.2, -0.15) is 0 Å². The van der Waals surface area contributed by atoms with E-state index in [0.29, 0.717) is 18.0 Å². The molecular weight excluding hydrogens is 190 g/mol. The quantitative estimate of drug-likeness (QED) is 0.767. The Hall–Kier alpha value is -1.42. The van der Waals surface area contributed by atoms with Crippen LogP contribution in [0.3, 0.4) is 0 Å². The molecule has 1 heterocycles. The minimum Gasteiger partial charge on any atom is -0.348 e. The van der Waals surface area contributed by atoms with Crippen LogP contribution in [-0.4, -0.2) is 23.5 Å². The maximum atomic E-state index is 11.7. The monoisotopic (exact) mass is 207 g/mol. The van der Waals surface area contributed by atoms with Gasteiger partial charge in [0, 0.05) is 25.0 Å². The van der Waals surface area contributed by atoms with Crippen LogP contribution < -0.4 is 11.1 Å². The number of nitrogens with two attached hydrogens (primary N) is 1. The van der Waals surface area contributed by atoms with E-state index >= 15 is 0 Å². The average Bonchev–Trinajstić information content (AvgIpc) is 2.26. The lowest BCUT2D eigenvalue weighted by Crippen LogP contribution is -2.43. The number of carbonyl (C=O) groups is 1. The highest BCUT2D eigenvalue weighted by Crippen LogP contribution is 2.02. The van der Waals surface area contributed by atoms with Crippen molar-refractivity contribution < 1.29 is 4.79 Å². The van der Waals surface area contributed by atoms with Crippen molar-refractivity contribution in [2.45, 2.75) is 19.9 Å². The summed E-state index contributed by atoms with van der Waals surface area (Å²) < 4.78 is 0. The summed E-state index contributed by atoms with van der Waals surface area (Å²) in [7, 11) is 0. The van der Waals surface area contributed by atoms with E-state index in [9.17, 15) is 4.79 Å². The lowest BCUT2D eigenvalue weighted by molar-refractivity contribution is 0.0927. The summed E-state index contributed by atoms with van der Waals surface area (Å²) in [6.45, 7) is 4.51. The maximum absolute atomic E-state index is 11.7. The van der Waals surface area contributed by atoms with Crippen LogP contribution in [-0.2, 0) is 0 Å². The Morgan fingerprint density at radius 1 is 1.60 bits per heavy atom. The van der Waals surface area contributed by atoms with Crippen LogP contribution in [0.4, 0.5) is 0 Å². The number of hydrogen-bond donors (Lipinski definition) is 2. The van der Waals surface area contributed by atoms with Crippen molar-refractivity contribution in [3.63, 3.8) is 0 Å². The van der Waals surface area contributed by atoms with Gasteiger partial charge < -0.3 is 11.1 Å². The van der Waals surface area contributed by atoms with Gasteiger partial charge in [0.05, 0.1) is 5.56 Å². The van der Waals surface area contributed by atoms with Crippen LogP contribution in [0.15, 0.2) is 24.5 Å². The van der Waals surface area contributed by atoms with E-state index in [2.05, 4.69) is 10.3 Å². The van der Waals surface area contributed by atoms with Crippen LogP contribution in [0, 0.1) is 5.92 Å². The summed E-state index contributed by atoms with van der Waals surface area (Å²) in [4.78, 5) is 15.6. The summed E-state index contributed by atoms with van der Waals surface area (Å²) in [6, 6.07) is 3.48. The number of nitrogens with one attached hydrogen (secondary N) is 1. The van der Waals surface area contributed by atoms with Gasteiger partial charge in [0.25, 0.3) is 5.91 Å². The molecule has 1 rings (SSSR count). The molecule has 0 saturated heterocycles. The van der Waals surface area contributed by atoms with Crippen molar-refractivity contribution in [1.82, 2.24) is 10.3 Å². The third-order valence-electron chi connectivity index (χ3n) is 2.30. The Morgan fingerprint density at radius 2 is 2.33 bits per heavy atom. The second-order valence-corrected chi connectivity index (χ2v) is 3.80. The second-order valence-electron chi connectivity index (χ2n) is 3.80. The van der Waals surface area contributed by atoms with Gasteiger partial charge in [0.1, 0.15) is 0 Å². The van der Waals surface area contributed by atoms with E-state index < -0.39 is 0 Å². The van der Waals surface area contributed by atoms with Gasteiger partial charge in [-0.25, -0.2) is 0 Å². The predicted octanol–water partition coefficient (Wildman–Crippen LogP) is 0.795. The van der Waals surface area contributed by atoms with Gasteiger partial charge >= 0.3 is 0 Å². The van der Waals surface area contributed by atoms with E-state index in [4.69, 9.17) is 5.73 Å². The topological polar surface area (TPSA) is 68.0 Å². The molecule has 1 atom stereocenters. The minimum atomic E-state index is -0.118. The van der Waals surface area contributed by atoms with E-state index in [1.165, 1.54) is 0 Å². The van der Waals surface area contributed by atoms with Crippen molar-refractivity contribution >= 4 is 5.91 Å². The first-order chi connectivity index (χ1) is 7.15. The van der Waals surface area contributed by atoms with Gasteiger partial charge in [-0.05, 0) is 18.1 Å². The molecule has 1 aromatic rings. The summed E-state index contributed by atoms with van der Waals surface area (Å²) in [5.41, 5.74) is 6.14. The van der Waals surface area contributed by atoms with Crippen LogP contribution in [0.1, 0.15) is 24.2 Å². The number of amides is 1. The zero-order valence-electron chi connectivity index (χ0n) is 9.10. The number of hydrogen-bond acceptors (Lipinski definition) is 3. The molecule has 0 saturated carbocycles. The van der Waals surface area contributed by atoms with Crippen molar-refractivity contribution in [3.8, 4) is 0 Å². The van der Waals surface area contributed by atoms with Crippen LogP contribution in [0.2, 0.25) is 0 Å². The smallest absolute Gasteiger partial charge is 0.253 e. The molecule has 0 aliphatic heterocycles. The molecule has 0 spiro atoms. The van der Waals surface area contributed by atoms with Crippen molar-refractivity contribution in [1.29, 1.82) is 0 Å². The minimum absolute atomic E-state index is 0.0118. The van der Waals surface area contributed by atoms with Crippen molar-refractivity contribution in [3.05, 3.63) is 30.1 Å². The first kappa shape index (κ1) is 11.7. The van der Waals surface area contributed by atoms with Crippen LogP contribution in [0.25, 0.3) is 0 Å². The number of nitrogens with zero attached hydrogens (tertiary/aromatic N) is 1. The lowest BCUT2D eigenvalue weighted by atomic mass is 10.0. The maximum Gasteiger partial charge on any atom is 0.253 e. The molecule has 0 fully saturated rings. The van der Waals surface area contributed by atoms with E-state index in [1.807, 2.05) is 13.8 Å². The number of pyridine rings is 1. The standard InChI is InChI=1S/C11H17N3O/c1-8(2)10(6-12)14-11(15)9-4-3-5-13-7-9/h3-5,7-8,10H,6,12H2,1-2H3,(H,14,15). The van der Waals surface area contributed by atoms with Gasteiger partial charge in [-0.15, -0.1) is 0 Å². The van der Waals surface area contributed by atoms with Gasteiger partial charge in [0.15, 0.2) is 0 Å². The molecule has 82 valence electrons. The van der Waals surface area contributed by atoms with Crippen molar-refractivity contribution in [2.24, 2.45) is 11.7 Å². The zero-order valence-corrected chi connectivity index (χ0v) is 9.10. The highest BCUT2D eigenvalue weighted by Gasteiger charge is 2.15. The second kappa shape index (κ2) is 5.46. The highest BCUT2D eigenvalue weighted by atomic mass is 16.1. The largest absolute Gasteiger partial charge is 0.348 e. The molecule has 0 aliphatic rings. The van der Waals surface area contributed by atoms with Gasteiger partial charge in [-0.1, -0.05) is 13.8 Å². The molecular formula is C11H17N3O. The normalized spacial score (nSPS) is 12.5. The molecule has 0 aromatic carbocycles. The summed E-state index contributed by atoms with van der Waals surface area (Å²) >= 11 is 0. The number of carbonyl (C=O) groups excluding carboxylic acids is 1. The van der Waals surface area contributed by atoms with E-state index in [0.717, 1.165) is 0 Å². The van der Waals surface area contributed by atoms with Gasteiger partial charge in [-0.3, -0.25) is 9.78 Å². The molecule has 0 bridgehead atoms. The molecule has 1 aromatic heterocycles. The zero-order chi connectivity index (χ0) is 11.3. The average molecular weight is 207 g/mol. The molecule has 4 nitrogen and oxygen atoms in total. The Balaban J connectivity index is 2.63. The fraction of sp³-hybridized carbons (Fsp3) is 0.455. The summed E-state index contributed by atoms with van der Waals surface area (Å²) in [6.07, 6.45) is 3.18. The van der Waals surface area contributed by atoms with E-state index in [-0.39, 0.29) is 11.9 Å². The number of rotatable bonds is 4. The van der Waals surface area contributed by atoms with Crippen LogP contribution >= 0.6 is 0 Å². The van der Waals surface area contributed by atoms with E-state index in [1.54, 1.807) is 24.5 Å². The molecule has 3 N–H and O–H groups in total. The first-order valence-corrected chi connectivity index (χ1v) is 5.06. The Labute approximate surface area is 89.9 Å². The molecule has 1 amide bonds. The lowest BCUT2D eigenvalue weighted by Gasteiger charge is -2.20. The van der Waals surface area contributed by atoms with Crippen molar-refractivity contribution in [2.75, 3.05) is 6.54 Å². The Kier molecular flexibility index (Phi) is 4.24. The molecule has 15 heavy (non-hydrogen) atoms.